The maximum atomic E-state index is 5.49. The van der Waals surface area contributed by atoms with Crippen molar-refractivity contribution >= 4 is 0 Å². The first-order chi connectivity index (χ1) is 13.0. The molecule has 4 nitrogen and oxygen atoms in total. The molecule has 0 N–H and O–H groups in total. The van der Waals surface area contributed by atoms with Gasteiger partial charge in [-0.05, 0) is 47.2 Å². The van der Waals surface area contributed by atoms with Gasteiger partial charge >= 0.3 is 0 Å². The summed E-state index contributed by atoms with van der Waals surface area (Å²) >= 11 is 0. The lowest BCUT2D eigenvalue weighted by atomic mass is 9.75. The fourth-order valence-electron chi connectivity index (χ4n) is 3.34. The quantitative estimate of drug-likeness (QED) is 0.561. The number of hydrogen-bond acceptors (Lipinski definition) is 4. The highest BCUT2D eigenvalue weighted by Crippen LogP contribution is 2.41. The third-order valence-corrected chi connectivity index (χ3v) is 5.19. The van der Waals surface area contributed by atoms with E-state index in [1.165, 1.54) is 0 Å². The van der Waals surface area contributed by atoms with Gasteiger partial charge in [-0.2, -0.15) is 0 Å². The van der Waals surface area contributed by atoms with Crippen molar-refractivity contribution in [3.05, 3.63) is 60.2 Å². The smallest absolute Gasteiger partial charge is 0.122 e. The summed E-state index contributed by atoms with van der Waals surface area (Å²) in [7, 11) is 6.66. The van der Waals surface area contributed by atoms with Gasteiger partial charge in [0.25, 0.3) is 0 Å². The molecule has 0 amide bonds. The van der Waals surface area contributed by atoms with Gasteiger partial charge in [-0.1, -0.05) is 19.9 Å². The molecule has 0 unspecified atom stereocenters. The monoisotopic (exact) mass is 370 g/mol. The molecule has 0 aromatic heterocycles. The zero-order valence-corrected chi connectivity index (χ0v) is 17.1. The molecular weight excluding hydrogens is 340 g/mol. The molecule has 2 rings (SSSR count). The predicted molar refractivity (Wildman–Crippen MR) is 109 cm³/mol. The van der Waals surface area contributed by atoms with Gasteiger partial charge in [0.1, 0.15) is 23.0 Å². The number of rotatable bonds is 9. The molecule has 0 saturated heterocycles. The lowest BCUT2D eigenvalue weighted by molar-refractivity contribution is 0.379. The Morgan fingerprint density at radius 3 is 1.26 bits per heavy atom. The normalized spacial score (nSPS) is 13.0. The number of hydrogen-bond donors (Lipinski definition) is 0. The van der Waals surface area contributed by atoms with Crippen LogP contribution in [-0.4, -0.2) is 28.4 Å². The molecule has 0 heterocycles. The Kier molecular flexibility index (Phi) is 7.17. The first kappa shape index (κ1) is 20.7. The minimum atomic E-state index is 0.0889. The fourth-order valence-corrected chi connectivity index (χ4v) is 3.34. The highest BCUT2D eigenvalue weighted by molar-refractivity contribution is 5.47. The van der Waals surface area contributed by atoms with E-state index in [0.29, 0.717) is 5.92 Å². The second-order valence-electron chi connectivity index (χ2n) is 6.72. The summed E-state index contributed by atoms with van der Waals surface area (Å²) in [6.45, 7) is 8.40. The second-order valence-corrected chi connectivity index (χ2v) is 6.72. The Morgan fingerprint density at radius 2 is 1.00 bits per heavy atom. The summed E-state index contributed by atoms with van der Waals surface area (Å²) in [5.41, 5.74) is 2.23. The molecule has 4 heteroatoms. The molecular formula is C23H30O4. The van der Waals surface area contributed by atoms with Gasteiger partial charge in [-0.3, -0.25) is 0 Å². The van der Waals surface area contributed by atoms with Gasteiger partial charge in [-0.25, -0.2) is 0 Å². The van der Waals surface area contributed by atoms with Gasteiger partial charge in [0.05, 0.1) is 28.4 Å². The van der Waals surface area contributed by atoms with Crippen LogP contribution in [0.5, 0.6) is 23.0 Å². The molecule has 2 aromatic rings. The molecule has 0 aliphatic rings. The standard InChI is InChI=1S/C23H30O4/c1-8-15(2)16(3)23(17-9-19(24-4)13-20(10-17)25-5)18-11-21(26-6)14-22(12-18)27-7/h8-16,23H,1H2,2-7H3/t15-,16+/m0/s1. The molecule has 0 aliphatic carbocycles. The lowest BCUT2D eigenvalue weighted by Crippen LogP contribution is -2.18. The summed E-state index contributed by atoms with van der Waals surface area (Å²) < 4.78 is 22.0. The van der Waals surface area contributed by atoms with Crippen molar-refractivity contribution in [2.24, 2.45) is 11.8 Å². The minimum Gasteiger partial charge on any atom is -0.497 e. The van der Waals surface area contributed by atoms with Crippen LogP contribution in [0.1, 0.15) is 30.9 Å². The SMILES string of the molecule is C=C[C@H](C)[C@@H](C)C(c1cc(OC)cc(OC)c1)c1cc(OC)cc(OC)c1. The molecule has 0 radical (unpaired) electrons. The largest absolute Gasteiger partial charge is 0.497 e. The summed E-state index contributed by atoms with van der Waals surface area (Å²) in [5, 5.41) is 0. The average Bonchev–Trinajstić information content (AvgIpc) is 2.72. The Bertz CT molecular complexity index is 669. The molecule has 0 spiro atoms. The van der Waals surface area contributed by atoms with Crippen LogP contribution in [0.15, 0.2) is 49.1 Å². The van der Waals surface area contributed by atoms with Crippen LogP contribution < -0.4 is 18.9 Å². The van der Waals surface area contributed by atoms with E-state index in [0.717, 1.165) is 34.1 Å². The van der Waals surface area contributed by atoms with Crippen LogP contribution in [0.2, 0.25) is 0 Å². The van der Waals surface area contributed by atoms with Gasteiger partial charge in [0, 0.05) is 18.1 Å². The van der Waals surface area contributed by atoms with Gasteiger partial charge in [-0.15, -0.1) is 6.58 Å². The summed E-state index contributed by atoms with van der Waals surface area (Å²) in [5.74, 6) is 3.75. The molecule has 0 fully saturated rings. The third-order valence-electron chi connectivity index (χ3n) is 5.19. The minimum absolute atomic E-state index is 0.0889. The van der Waals surface area contributed by atoms with Crippen molar-refractivity contribution in [1.82, 2.24) is 0 Å². The van der Waals surface area contributed by atoms with E-state index in [-0.39, 0.29) is 11.8 Å². The van der Waals surface area contributed by atoms with Crippen LogP contribution in [-0.2, 0) is 0 Å². The average molecular weight is 370 g/mol. The Balaban J connectivity index is 2.68. The number of ether oxygens (including phenoxy) is 4. The summed E-state index contributed by atoms with van der Waals surface area (Å²) in [6, 6.07) is 12.0. The summed E-state index contributed by atoms with van der Waals surface area (Å²) in [6.07, 6.45) is 1.99. The molecule has 2 atom stereocenters. The molecule has 146 valence electrons. The van der Waals surface area contributed by atoms with Crippen LogP contribution >= 0.6 is 0 Å². The first-order valence-corrected chi connectivity index (χ1v) is 9.05. The number of allylic oxidation sites excluding steroid dienone is 1. The maximum Gasteiger partial charge on any atom is 0.122 e. The topological polar surface area (TPSA) is 36.9 Å². The zero-order chi connectivity index (χ0) is 20.0. The fraction of sp³-hybridized carbons (Fsp3) is 0.391. The highest BCUT2D eigenvalue weighted by atomic mass is 16.5. The second kappa shape index (κ2) is 9.36. The molecule has 0 aliphatic heterocycles. The van der Waals surface area contributed by atoms with Crippen LogP contribution in [0.3, 0.4) is 0 Å². The first-order valence-electron chi connectivity index (χ1n) is 9.05. The predicted octanol–water partition coefficient (Wildman–Crippen LogP) is 5.31. The van der Waals surface area contributed by atoms with Crippen molar-refractivity contribution in [2.45, 2.75) is 19.8 Å². The number of benzene rings is 2. The zero-order valence-electron chi connectivity index (χ0n) is 17.1. The Morgan fingerprint density at radius 1 is 0.667 bits per heavy atom. The van der Waals surface area contributed by atoms with Gasteiger partial charge < -0.3 is 18.9 Å². The van der Waals surface area contributed by atoms with Gasteiger partial charge in [0.2, 0.25) is 0 Å². The van der Waals surface area contributed by atoms with Crippen molar-refractivity contribution < 1.29 is 18.9 Å². The summed E-state index contributed by atoms with van der Waals surface area (Å²) in [4.78, 5) is 0. The highest BCUT2D eigenvalue weighted by Gasteiger charge is 2.27. The number of methoxy groups -OCH3 is 4. The van der Waals surface area contributed by atoms with E-state index < -0.39 is 0 Å². The van der Waals surface area contributed by atoms with Crippen molar-refractivity contribution in [3.8, 4) is 23.0 Å². The van der Waals surface area contributed by atoms with E-state index in [2.05, 4.69) is 44.7 Å². The van der Waals surface area contributed by atoms with E-state index in [1.807, 2.05) is 18.2 Å². The van der Waals surface area contributed by atoms with Gasteiger partial charge in [0.15, 0.2) is 0 Å². The van der Waals surface area contributed by atoms with E-state index in [4.69, 9.17) is 18.9 Å². The van der Waals surface area contributed by atoms with Crippen molar-refractivity contribution in [1.29, 1.82) is 0 Å². The molecule has 2 aromatic carbocycles. The Labute approximate surface area is 162 Å². The van der Waals surface area contributed by atoms with Crippen LogP contribution in [0.25, 0.3) is 0 Å². The van der Waals surface area contributed by atoms with Crippen molar-refractivity contribution in [2.75, 3.05) is 28.4 Å². The van der Waals surface area contributed by atoms with Crippen molar-refractivity contribution in [3.63, 3.8) is 0 Å². The van der Waals surface area contributed by atoms with E-state index in [9.17, 15) is 0 Å². The maximum absolute atomic E-state index is 5.49. The van der Waals surface area contributed by atoms with Crippen LogP contribution in [0.4, 0.5) is 0 Å². The Hall–Kier alpha value is -2.62. The van der Waals surface area contributed by atoms with E-state index >= 15 is 0 Å². The molecule has 0 saturated carbocycles. The lowest BCUT2D eigenvalue weighted by Gasteiger charge is -2.29. The molecule has 0 bridgehead atoms. The van der Waals surface area contributed by atoms with Crippen LogP contribution in [0, 0.1) is 11.8 Å². The van der Waals surface area contributed by atoms with E-state index in [1.54, 1.807) is 28.4 Å². The third kappa shape index (κ3) is 4.76. The molecule has 27 heavy (non-hydrogen) atoms.